The van der Waals surface area contributed by atoms with Gasteiger partial charge in [-0.05, 0) is 59.0 Å². The fraction of sp³-hybridized carbons (Fsp3) is 0.333. The first kappa shape index (κ1) is 18.3. The van der Waals surface area contributed by atoms with Gasteiger partial charge in [0.25, 0.3) is 5.69 Å². The number of hydrogen-bond acceptors (Lipinski definition) is 6. The number of nitro benzene ring substituents is 1. The van der Waals surface area contributed by atoms with Crippen LogP contribution in [-0.4, -0.2) is 29.0 Å². The zero-order valence-corrected chi connectivity index (χ0v) is 15.8. The van der Waals surface area contributed by atoms with Crippen molar-refractivity contribution in [3.05, 3.63) is 56.8 Å². The highest BCUT2D eigenvalue weighted by atomic mass is 79.9. The largest absolute Gasteiger partial charge is 0.420 e. The molecule has 26 heavy (non-hydrogen) atoms. The summed E-state index contributed by atoms with van der Waals surface area (Å²) in [5, 5.41) is 11.5. The molecule has 0 saturated carbocycles. The number of nitro groups is 1. The third-order valence-corrected chi connectivity index (χ3v) is 5.06. The minimum atomic E-state index is -0.666. The number of piperidine rings is 1. The lowest BCUT2D eigenvalue weighted by molar-refractivity contribution is -0.384. The van der Waals surface area contributed by atoms with E-state index in [2.05, 4.69) is 27.8 Å². The third kappa shape index (κ3) is 4.01. The minimum absolute atomic E-state index is 0.0840. The van der Waals surface area contributed by atoms with Gasteiger partial charge in [-0.1, -0.05) is 6.92 Å². The predicted octanol–water partition coefficient (Wildman–Crippen LogP) is 4.21. The number of carbonyl (C=O) groups is 1. The van der Waals surface area contributed by atoms with Crippen LogP contribution in [0.15, 0.2) is 41.1 Å². The summed E-state index contributed by atoms with van der Waals surface area (Å²) in [7, 11) is 0. The number of anilines is 1. The molecular formula is C18H18BrN3O4. The molecule has 1 aliphatic heterocycles. The van der Waals surface area contributed by atoms with Crippen molar-refractivity contribution in [2.75, 3.05) is 18.0 Å². The molecule has 0 bridgehead atoms. The van der Waals surface area contributed by atoms with E-state index >= 15 is 0 Å². The van der Waals surface area contributed by atoms with Crippen LogP contribution < -0.4 is 9.64 Å². The molecule has 8 heteroatoms. The topological polar surface area (TPSA) is 85.6 Å². The number of hydrogen-bond donors (Lipinski definition) is 0. The standard InChI is InChI=1S/C18H18BrN3O4/c1-12-6-9-21(10-7-12)14-5-4-13(11-15(14)22(24)25)18(23)26-16-3-2-8-20-17(16)19/h2-5,8,11-12H,6-7,9-10H2,1H3. The monoisotopic (exact) mass is 419 g/mol. The molecule has 0 radical (unpaired) electrons. The molecule has 0 aliphatic carbocycles. The first-order chi connectivity index (χ1) is 12.5. The van der Waals surface area contributed by atoms with Crippen molar-refractivity contribution >= 4 is 33.3 Å². The first-order valence-electron chi connectivity index (χ1n) is 8.32. The molecule has 136 valence electrons. The van der Waals surface area contributed by atoms with E-state index in [1.165, 1.54) is 6.07 Å². The Hall–Kier alpha value is -2.48. The van der Waals surface area contributed by atoms with Crippen LogP contribution in [0.4, 0.5) is 11.4 Å². The Kier molecular flexibility index (Phi) is 5.51. The van der Waals surface area contributed by atoms with Crippen molar-refractivity contribution in [3.8, 4) is 5.75 Å². The Morgan fingerprint density at radius 3 is 2.73 bits per heavy atom. The lowest BCUT2D eigenvalue weighted by atomic mass is 9.98. The molecule has 2 heterocycles. The molecule has 3 rings (SSSR count). The van der Waals surface area contributed by atoms with E-state index in [1.54, 1.807) is 30.5 Å². The molecule has 1 aromatic carbocycles. The second kappa shape index (κ2) is 7.82. The van der Waals surface area contributed by atoms with E-state index in [1.807, 2.05) is 4.90 Å². The van der Waals surface area contributed by atoms with Crippen LogP contribution in [0.5, 0.6) is 5.75 Å². The highest BCUT2D eigenvalue weighted by Gasteiger charge is 2.25. The highest BCUT2D eigenvalue weighted by Crippen LogP contribution is 2.33. The number of benzene rings is 1. The van der Waals surface area contributed by atoms with Crippen molar-refractivity contribution < 1.29 is 14.5 Å². The number of esters is 1. The fourth-order valence-electron chi connectivity index (χ4n) is 2.92. The lowest BCUT2D eigenvalue weighted by Crippen LogP contribution is -2.33. The Morgan fingerprint density at radius 2 is 2.08 bits per heavy atom. The Bertz CT molecular complexity index is 835. The van der Waals surface area contributed by atoms with E-state index in [-0.39, 0.29) is 17.0 Å². The van der Waals surface area contributed by atoms with E-state index in [0.717, 1.165) is 25.9 Å². The van der Waals surface area contributed by atoms with Gasteiger partial charge in [-0.2, -0.15) is 0 Å². The molecule has 0 unspecified atom stereocenters. The van der Waals surface area contributed by atoms with Gasteiger partial charge in [0.2, 0.25) is 0 Å². The summed E-state index contributed by atoms with van der Waals surface area (Å²) >= 11 is 3.20. The Balaban J connectivity index is 1.85. The number of halogens is 1. The van der Waals surface area contributed by atoms with Gasteiger partial charge in [-0.15, -0.1) is 0 Å². The summed E-state index contributed by atoms with van der Waals surface area (Å²) in [5.74, 6) is 0.215. The molecule has 0 spiro atoms. The van der Waals surface area contributed by atoms with Crippen LogP contribution >= 0.6 is 15.9 Å². The van der Waals surface area contributed by atoms with Gasteiger partial charge in [0.15, 0.2) is 5.75 Å². The van der Waals surface area contributed by atoms with Crippen molar-refractivity contribution in [2.24, 2.45) is 5.92 Å². The third-order valence-electron chi connectivity index (χ3n) is 4.46. The molecule has 1 aliphatic rings. The molecule has 1 saturated heterocycles. The van der Waals surface area contributed by atoms with Gasteiger partial charge in [0, 0.05) is 25.4 Å². The van der Waals surface area contributed by atoms with Crippen LogP contribution in [0.25, 0.3) is 0 Å². The van der Waals surface area contributed by atoms with Gasteiger partial charge in [-0.3, -0.25) is 10.1 Å². The zero-order chi connectivity index (χ0) is 18.7. The molecule has 2 aromatic rings. The summed E-state index contributed by atoms with van der Waals surface area (Å²) in [5.41, 5.74) is 0.585. The van der Waals surface area contributed by atoms with Crippen molar-refractivity contribution in [3.63, 3.8) is 0 Å². The number of nitrogens with zero attached hydrogens (tertiary/aromatic N) is 3. The molecule has 0 amide bonds. The number of ether oxygens (including phenoxy) is 1. The van der Waals surface area contributed by atoms with Crippen LogP contribution in [-0.2, 0) is 0 Å². The zero-order valence-electron chi connectivity index (χ0n) is 14.2. The maximum absolute atomic E-state index is 12.4. The van der Waals surface area contributed by atoms with Gasteiger partial charge >= 0.3 is 5.97 Å². The van der Waals surface area contributed by atoms with Gasteiger partial charge < -0.3 is 9.64 Å². The second-order valence-corrected chi connectivity index (χ2v) is 7.06. The average molecular weight is 420 g/mol. The van der Waals surface area contributed by atoms with E-state index < -0.39 is 10.9 Å². The van der Waals surface area contributed by atoms with E-state index in [0.29, 0.717) is 16.2 Å². The van der Waals surface area contributed by atoms with E-state index in [9.17, 15) is 14.9 Å². The maximum Gasteiger partial charge on any atom is 0.343 e. The summed E-state index contributed by atoms with van der Waals surface area (Å²) < 4.78 is 5.67. The van der Waals surface area contributed by atoms with Crippen LogP contribution in [0.1, 0.15) is 30.1 Å². The molecule has 1 aromatic heterocycles. The quantitative estimate of drug-likeness (QED) is 0.319. The number of rotatable bonds is 4. The van der Waals surface area contributed by atoms with Gasteiger partial charge in [-0.25, -0.2) is 9.78 Å². The predicted molar refractivity (Wildman–Crippen MR) is 101 cm³/mol. The van der Waals surface area contributed by atoms with Crippen molar-refractivity contribution in [2.45, 2.75) is 19.8 Å². The number of aromatic nitrogens is 1. The summed E-state index contributed by atoms with van der Waals surface area (Å²) in [6, 6.07) is 7.69. The minimum Gasteiger partial charge on any atom is -0.420 e. The summed E-state index contributed by atoms with van der Waals surface area (Å²) in [6.07, 6.45) is 3.55. The molecular weight excluding hydrogens is 402 g/mol. The number of carbonyl (C=O) groups excluding carboxylic acids is 1. The molecule has 0 N–H and O–H groups in total. The molecule has 0 atom stereocenters. The SMILES string of the molecule is CC1CCN(c2ccc(C(=O)Oc3cccnc3Br)cc2[N+](=O)[O-])CC1. The normalized spacial score (nSPS) is 14.9. The maximum atomic E-state index is 12.4. The van der Waals surface area contributed by atoms with Crippen molar-refractivity contribution in [1.82, 2.24) is 4.98 Å². The average Bonchev–Trinajstić information content (AvgIpc) is 2.63. The van der Waals surface area contributed by atoms with Gasteiger partial charge in [0.1, 0.15) is 10.3 Å². The molecule has 7 nitrogen and oxygen atoms in total. The Morgan fingerprint density at radius 1 is 1.35 bits per heavy atom. The van der Waals surface area contributed by atoms with E-state index in [4.69, 9.17) is 4.74 Å². The first-order valence-corrected chi connectivity index (χ1v) is 9.11. The smallest absolute Gasteiger partial charge is 0.343 e. The Labute approximate surface area is 159 Å². The highest BCUT2D eigenvalue weighted by molar-refractivity contribution is 9.10. The van der Waals surface area contributed by atoms with Crippen LogP contribution in [0.3, 0.4) is 0 Å². The lowest BCUT2D eigenvalue weighted by Gasteiger charge is -2.31. The van der Waals surface area contributed by atoms with Crippen molar-refractivity contribution in [1.29, 1.82) is 0 Å². The van der Waals surface area contributed by atoms with Gasteiger partial charge in [0.05, 0.1) is 10.5 Å². The summed E-state index contributed by atoms with van der Waals surface area (Å²) in [6.45, 7) is 3.73. The summed E-state index contributed by atoms with van der Waals surface area (Å²) in [4.78, 5) is 29.4. The number of pyridine rings is 1. The fourth-order valence-corrected chi connectivity index (χ4v) is 3.25. The molecule has 1 fully saturated rings. The second-order valence-electron chi connectivity index (χ2n) is 6.31. The van der Waals surface area contributed by atoms with Crippen LogP contribution in [0, 0.1) is 16.0 Å². The van der Waals surface area contributed by atoms with Crippen LogP contribution in [0.2, 0.25) is 0 Å².